The van der Waals surface area contributed by atoms with E-state index in [0.717, 1.165) is 36.6 Å². The van der Waals surface area contributed by atoms with Gasteiger partial charge in [0.1, 0.15) is 11.6 Å². The lowest BCUT2D eigenvalue weighted by Gasteiger charge is -2.11. The van der Waals surface area contributed by atoms with Crippen LogP contribution in [0.5, 0.6) is 5.75 Å². The van der Waals surface area contributed by atoms with Crippen LogP contribution in [-0.2, 0) is 30.7 Å². The van der Waals surface area contributed by atoms with Crippen molar-refractivity contribution in [1.82, 2.24) is 35.5 Å². The van der Waals surface area contributed by atoms with Crippen molar-refractivity contribution in [3.8, 4) is 5.75 Å². The van der Waals surface area contributed by atoms with Gasteiger partial charge in [0.25, 0.3) is 5.91 Å². The van der Waals surface area contributed by atoms with Crippen LogP contribution in [0.3, 0.4) is 0 Å². The molecule has 2 N–H and O–H groups in total. The Labute approximate surface area is 231 Å². The lowest BCUT2D eigenvalue weighted by molar-refractivity contribution is -0.274. The highest BCUT2D eigenvalue weighted by molar-refractivity contribution is 5.92. The van der Waals surface area contributed by atoms with Crippen molar-refractivity contribution in [1.29, 1.82) is 0 Å². The number of hydrogen-bond donors (Lipinski definition) is 2. The number of hydrogen-bond acceptors (Lipinski definition) is 8. The van der Waals surface area contributed by atoms with Crippen LogP contribution in [0.2, 0.25) is 0 Å². The van der Waals surface area contributed by atoms with Crippen LogP contribution in [0.25, 0.3) is 0 Å². The number of nitrogens with one attached hydrogen (secondary N) is 2. The number of ether oxygens (including phenoxy) is 1. The minimum atomic E-state index is -4.94. The van der Waals surface area contributed by atoms with Gasteiger partial charge in [-0.3, -0.25) is 19.3 Å². The predicted molar refractivity (Wildman–Crippen MR) is 136 cm³/mol. The first kappa shape index (κ1) is 29.0. The maximum atomic E-state index is 14.0. The zero-order valence-electron chi connectivity index (χ0n) is 21.4. The van der Waals surface area contributed by atoms with Crippen LogP contribution in [0.4, 0.5) is 23.4 Å². The fourth-order valence-electron chi connectivity index (χ4n) is 3.67. The molecule has 0 bridgehead atoms. The molecule has 0 atom stereocenters. The van der Waals surface area contributed by atoms with Gasteiger partial charge in [-0.25, -0.2) is 4.39 Å². The molecule has 41 heavy (non-hydrogen) atoms. The number of unbranched alkanes of at least 4 members (excludes halogenated alkanes) is 1. The van der Waals surface area contributed by atoms with E-state index in [2.05, 4.69) is 40.9 Å². The maximum Gasteiger partial charge on any atom is 0.573 e. The Morgan fingerprint density at radius 2 is 1.78 bits per heavy atom. The molecule has 2 amide bonds. The van der Waals surface area contributed by atoms with Crippen LogP contribution in [-0.4, -0.2) is 48.4 Å². The lowest BCUT2D eigenvalue weighted by Crippen LogP contribution is -2.23. The molecule has 1 aromatic carbocycles. The molecule has 0 saturated heterocycles. The average Bonchev–Trinajstić information content (AvgIpc) is 3.41. The smallest absolute Gasteiger partial charge is 0.406 e. The average molecular weight is 573 g/mol. The topological polar surface area (TPSA) is 137 Å². The maximum absolute atomic E-state index is 14.0. The zero-order chi connectivity index (χ0) is 29.2. The number of carbonyl (C=O) groups is 2. The first-order chi connectivity index (χ1) is 19.6. The van der Waals surface area contributed by atoms with Crippen LogP contribution < -0.4 is 15.4 Å². The van der Waals surface area contributed by atoms with Crippen molar-refractivity contribution in [3.63, 3.8) is 0 Å². The zero-order valence-corrected chi connectivity index (χ0v) is 21.4. The molecule has 4 aromatic rings. The van der Waals surface area contributed by atoms with E-state index < -0.39 is 30.3 Å². The third kappa shape index (κ3) is 9.33. The number of aromatic nitrogens is 6. The number of carbonyl (C=O) groups excluding carboxylic acids is 2. The Hall–Kier alpha value is -4.95. The number of alkyl halides is 3. The van der Waals surface area contributed by atoms with Gasteiger partial charge in [-0.15, -0.1) is 23.4 Å². The highest BCUT2D eigenvalue weighted by atomic mass is 19.4. The molecule has 0 aliphatic heterocycles. The summed E-state index contributed by atoms with van der Waals surface area (Å²) in [5, 5.41) is 21.1. The second kappa shape index (κ2) is 13.4. The van der Waals surface area contributed by atoms with E-state index in [1.165, 1.54) is 6.07 Å². The molecule has 0 aliphatic carbocycles. The fraction of sp³-hybridized carbons (Fsp3) is 0.269. The number of amides is 2. The van der Waals surface area contributed by atoms with E-state index in [1.54, 1.807) is 41.5 Å². The molecule has 3 heterocycles. The lowest BCUT2D eigenvalue weighted by atomic mass is 10.1. The van der Waals surface area contributed by atoms with E-state index in [-0.39, 0.29) is 23.0 Å². The third-order valence-electron chi connectivity index (χ3n) is 5.63. The summed E-state index contributed by atoms with van der Waals surface area (Å²) in [6, 6.07) is 9.23. The first-order valence-electron chi connectivity index (χ1n) is 12.4. The predicted octanol–water partition coefficient (Wildman–Crippen LogP) is 3.63. The van der Waals surface area contributed by atoms with Crippen molar-refractivity contribution in [2.24, 2.45) is 0 Å². The van der Waals surface area contributed by atoms with Gasteiger partial charge >= 0.3 is 6.36 Å². The molecule has 0 unspecified atom stereocenters. The van der Waals surface area contributed by atoms with Crippen LogP contribution in [0.15, 0.2) is 61.1 Å². The molecule has 0 fully saturated rings. The summed E-state index contributed by atoms with van der Waals surface area (Å²) in [6.45, 7) is 0.892. The molecule has 11 nitrogen and oxygen atoms in total. The van der Waals surface area contributed by atoms with E-state index in [9.17, 15) is 27.2 Å². The molecular weight excluding hydrogens is 548 g/mol. The SMILES string of the molecule is O=C(Cc1cc(OC(F)(F)F)ccc1F)Nc1ccc(CCCCn2cc(C(=O)NCc3ccncc3)nn2)nn1. The fourth-order valence-corrected chi connectivity index (χ4v) is 3.67. The summed E-state index contributed by atoms with van der Waals surface area (Å²) in [4.78, 5) is 28.4. The molecule has 0 spiro atoms. The molecule has 0 aliphatic rings. The van der Waals surface area contributed by atoms with Crippen LogP contribution in [0.1, 0.15) is 40.2 Å². The third-order valence-corrected chi connectivity index (χ3v) is 5.63. The molecule has 0 saturated carbocycles. The van der Waals surface area contributed by atoms with Gasteiger partial charge in [-0.2, -0.15) is 5.10 Å². The summed E-state index contributed by atoms with van der Waals surface area (Å²) in [7, 11) is 0. The van der Waals surface area contributed by atoms with Crippen molar-refractivity contribution in [2.45, 2.75) is 45.1 Å². The van der Waals surface area contributed by atoms with Crippen molar-refractivity contribution in [3.05, 3.63) is 89.4 Å². The number of nitrogens with zero attached hydrogens (tertiary/aromatic N) is 6. The second-order valence-electron chi connectivity index (χ2n) is 8.80. The summed E-state index contributed by atoms with van der Waals surface area (Å²) < 4.78 is 56.5. The van der Waals surface area contributed by atoms with Crippen LogP contribution in [0, 0.1) is 5.82 Å². The molecule has 0 radical (unpaired) electrons. The molecule has 214 valence electrons. The Kier molecular flexibility index (Phi) is 9.50. The Morgan fingerprint density at radius 3 is 2.51 bits per heavy atom. The quantitative estimate of drug-likeness (QED) is 0.194. The first-order valence-corrected chi connectivity index (χ1v) is 12.4. The Balaban J connectivity index is 1.18. The number of benzene rings is 1. The van der Waals surface area contributed by atoms with Gasteiger partial charge in [0.05, 0.1) is 18.3 Å². The van der Waals surface area contributed by atoms with Gasteiger partial charge < -0.3 is 15.4 Å². The summed E-state index contributed by atoms with van der Waals surface area (Å²) in [5.74, 6) is -2.38. The van der Waals surface area contributed by atoms with E-state index in [4.69, 9.17) is 0 Å². The highest BCUT2D eigenvalue weighted by Crippen LogP contribution is 2.25. The summed E-state index contributed by atoms with van der Waals surface area (Å²) in [5.41, 5.74) is 1.53. The normalized spacial score (nSPS) is 11.2. The van der Waals surface area contributed by atoms with Gasteiger partial charge in [0.15, 0.2) is 11.5 Å². The number of anilines is 1. The molecular formula is C26H24F4N8O3. The van der Waals surface area contributed by atoms with Crippen LogP contribution >= 0.6 is 0 Å². The number of pyridine rings is 1. The van der Waals surface area contributed by atoms with Gasteiger partial charge in [0, 0.05) is 31.0 Å². The van der Waals surface area contributed by atoms with E-state index >= 15 is 0 Å². The monoisotopic (exact) mass is 572 g/mol. The summed E-state index contributed by atoms with van der Waals surface area (Å²) >= 11 is 0. The van der Waals surface area contributed by atoms with Gasteiger partial charge in [-0.1, -0.05) is 5.21 Å². The van der Waals surface area contributed by atoms with Crippen molar-refractivity contribution in [2.75, 3.05) is 5.32 Å². The minimum absolute atomic E-state index is 0.110. The molecule has 15 heteroatoms. The Bertz CT molecular complexity index is 1460. The second-order valence-corrected chi connectivity index (χ2v) is 8.80. The number of rotatable bonds is 12. The highest BCUT2D eigenvalue weighted by Gasteiger charge is 2.31. The largest absolute Gasteiger partial charge is 0.573 e. The van der Waals surface area contributed by atoms with Gasteiger partial charge in [-0.05, 0) is 67.3 Å². The minimum Gasteiger partial charge on any atom is -0.406 e. The van der Waals surface area contributed by atoms with Gasteiger partial charge in [0.2, 0.25) is 5.91 Å². The summed E-state index contributed by atoms with van der Waals surface area (Å²) in [6.07, 6.45) is 1.45. The van der Waals surface area contributed by atoms with Crippen molar-refractivity contribution < 1.29 is 31.9 Å². The number of aryl methyl sites for hydroxylation is 2. The Morgan fingerprint density at radius 1 is 0.976 bits per heavy atom. The molecule has 3 aromatic heterocycles. The standard InChI is InChI=1S/C26H24F4N8O3/c27-21-6-5-20(41-26(28,29)30)13-18(21)14-24(39)33-23-7-4-19(34-36-23)3-1-2-12-38-16-22(35-37-38)25(40)32-15-17-8-10-31-11-9-17/h4-11,13,16H,1-3,12,14-15H2,(H,32,40)(H,33,36,39). The molecule has 4 rings (SSSR count). The van der Waals surface area contributed by atoms with Crippen molar-refractivity contribution >= 4 is 17.6 Å². The van der Waals surface area contributed by atoms with E-state index in [0.29, 0.717) is 25.2 Å². The van der Waals surface area contributed by atoms with E-state index in [1.807, 2.05) is 0 Å². The number of halogens is 4.